The minimum Gasteiger partial charge on any atom is -0.494 e. The first-order valence-corrected chi connectivity index (χ1v) is 7.33. The third kappa shape index (κ3) is 4.80. The van der Waals surface area contributed by atoms with Gasteiger partial charge in [0.2, 0.25) is 5.91 Å². The lowest BCUT2D eigenvalue weighted by Gasteiger charge is -2.10. The maximum absolute atomic E-state index is 12.0. The quantitative estimate of drug-likeness (QED) is 0.863. The van der Waals surface area contributed by atoms with Crippen LogP contribution in [0.3, 0.4) is 0 Å². The van der Waals surface area contributed by atoms with Gasteiger partial charge in [-0.05, 0) is 43.2 Å². The zero-order chi connectivity index (χ0) is 15.1. The summed E-state index contributed by atoms with van der Waals surface area (Å²) in [5.74, 6) is 0.805. The highest BCUT2D eigenvalue weighted by molar-refractivity contribution is 6.30. The Hall–Kier alpha value is -2.00. The summed E-state index contributed by atoms with van der Waals surface area (Å²) in [6.45, 7) is 2.56. The number of carbonyl (C=O) groups excluding carboxylic acids is 1. The molecule has 0 saturated heterocycles. The largest absolute Gasteiger partial charge is 0.494 e. The lowest BCUT2D eigenvalue weighted by Crippen LogP contribution is -2.12. The fraction of sp³-hybridized carbons (Fsp3) is 0.235. The highest BCUT2D eigenvalue weighted by atomic mass is 35.5. The molecule has 0 atom stereocenters. The fourth-order valence-electron chi connectivity index (χ4n) is 2.04. The minimum atomic E-state index is -0.0384. The Labute approximate surface area is 129 Å². The second-order valence-electron chi connectivity index (χ2n) is 4.60. The van der Waals surface area contributed by atoms with Crippen molar-refractivity contribution < 1.29 is 9.53 Å². The molecule has 0 fully saturated rings. The number of aryl methyl sites for hydroxylation is 1. The first-order chi connectivity index (χ1) is 10.2. The third-order valence-electron chi connectivity index (χ3n) is 3.00. The molecule has 2 aromatic rings. The summed E-state index contributed by atoms with van der Waals surface area (Å²) in [6, 6.07) is 14.9. The van der Waals surface area contributed by atoms with Crippen molar-refractivity contribution in [1.29, 1.82) is 0 Å². The van der Waals surface area contributed by atoms with Gasteiger partial charge in [-0.25, -0.2) is 0 Å². The van der Waals surface area contributed by atoms with Crippen molar-refractivity contribution in [2.24, 2.45) is 0 Å². The molecule has 0 radical (unpaired) electrons. The van der Waals surface area contributed by atoms with Gasteiger partial charge in [0.1, 0.15) is 5.75 Å². The van der Waals surface area contributed by atoms with E-state index in [9.17, 15) is 4.79 Å². The van der Waals surface area contributed by atoms with Crippen molar-refractivity contribution in [3.8, 4) is 5.75 Å². The van der Waals surface area contributed by atoms with E-state index in [1.807, 2.05) is 43.3 Å². The molecule has 0 aromatic heterocycles. The Morgan fingerprint density at radius 3 is 2.76 bits per heavy atom. The number of anilines is 1. The molecule has 1 amide bonds. The van der Waals surface area contributed by atoms with Crippen LogP contribution >= 0.6 is 11.6 Å². The molecule has 1 N–H and O–H groups in total. The van der Waals surface area contributed by atoms with Gasteiger partial charge in [0.25, 0.3) is 0 Å². The van der Waals surface area contributed by atoms with Crippen LogP contribution in [-0.4, -0.2) is 12.5 Å². The van der Waals surface area contributed by atoms with E-state index >= 15 is 0 Å². The number of hydrogen-bond donors (Lipinski definition) is 1. The van der Waals surface area contributed by atoms with Crippen LogP contribution in [0, 0.1) is 0 Å². The van der Waals surface area contributed by atoms with E-state index in [2.05, 4.69) is 5.32 Å². The molecule has 2 aromatic carbocycles. The van der Waals surface area contributed by atoms with Crippen LogP contribution in [-0.2, 0) is 11.2 Å². The van der Waals surface area contributed by atoms with Gasteiger partial charge in [0.05, 0.1) is 6.61 Å². The number of rotatable bonds is 6. The zero-order valence-corrected chi connectivity index (χ0v) is 12.7. The van der Waals surface area contributed by atoms with Crippen LogP contribution in [0.4, 0.5) is 5.69 Å². The van der Waals surface area contributed by atoms with Gasteiger partial charge < -0.3 is 10.1 Å². The number of benzene rings is 2. The second-order valence-corrected chi connectivity index (χ2v) is 5.04. The van der Waals surface area contributed by atoms with Crippen LogP contribution in [0.15, 0.2) is 48.5 Å². The average Bonchev–Trinajstić information content (AvgIpc) is 2.47. The maximum atomic E-state index is 12.0. The van der Waals surface area contributed by atoms with Crippen molar-refractivity contribution in [2.45, 2.75) is 19.8 Å². The Bertz CT molecular complexity index is 613. The number of para-hydroxylation sites is 1. The second kappa shape index (κ2) is 7.70. The normalized spacial score (nSPS) is 10.2. The molecule has 0 saturated carbocycles. The Kier molecular flexibility index (Phi) is 5.64. The van der Waals surface area contributed by atoms with E-state index in [4.69, 9.17) is 16.3 Å². The summed E-state index contributed by atoms with van der Waals surface area (Å²) < 4.78 is 5.55. The summed E-state index contributed by atoms with van der Waals surface area (Å²) in [4.78, 5) is 12.0. The maximum Gasteiger partial charge on any atom is 0.224 e. The Morgan fingerprint density at radius 2 is 2.00 bits per heavy atom. The summed E-state index contributed by atoms with van der Waals surface area (Å²) in [6.07, 6.45) is 1.04. The number of nitrogens with one attached hydrogen (secondary N) is 1. The van der Waals surface area contributed by atoms with E-state index < -0.39 is 0 Å². The highest BCUT2D eigenvalue weighted by Crippen LogP contribution is 2.20. The summed E-state index contributed by atoms with van der Waals surface area (Å²) in [7, 11) is 0. The number of carbonyl (C=O) groups is 1. The molecule has 110 valence electrons. The lowest BCUT2D eigenvalue weighted by atomic mass is 10.1. The molecule has 0 aliphatic heterocycles. The van der Waals surface area contributed by atoms with Gasteiger partial charge >= 0.3 is 0 Å². The number of amides is 1. The van der Waals surface area contributed by atoms with Crippen LogP contribution in [0.5, 0.6) is 5.75 Å². The van der Waals surface area contributed by atoms with Gasteiger partial charge in [-0.3, -0.25) is 4.79 Å². The molecule has 0 heterocycles. The van der Waals surface area contributed by atoms with Crippen molar-refractivity contribution >= 4 is 23.2 Å². The molecule has 0 aliphatic carbocycles. The van der Waals surface area contributed by atoms with E-state index in [0.29, 0.717) is 30.2 Å². The monoisotopic (exact) mass is 303 g/mol. The predicted octanol–water partition coefficient (Wildman–Crippen LogP) is 4.31. The van der Waals surface area contributed by atoms with Crippen LogP contribution < -0.4 is 10.1 Å². The van der Waals surface area contributed by atoms with E-state index in [-0.39, 0.29) is 5.91 Å². The van der Waals surface area contributed by atoms with E-state index in [1.165, 1.54) is 0 Å². The van der Waals surface area contributed by atoms with Crippen molar-refractivity contribution in [3.05, 3.63) is 59.1 Å². The molecular formula is C17H18ClNO2. The highest BCUT2D eigenvalue weighted by Gasteiger charge is 2.07. The SMILES string of the molecule is CCOc1ccccc1CCC(=O)Nc1cccc(Cl)c1. The van der Waals surface area contributed by atoms with Crippen molar-refractivity contribution in [2.75, 3.05) is 11.9 Å². The molecule has 2 rings (SSSR count). The molecule has 0 spiro atoms. The average molecular weight is 304 g/mol. The van der Waals surface area contributed by atoms with Crippen LogP contribution in [0.1, 0.15) is 18.9 Å². The van der Waals surface area contributed by atoms with Gasteiger partial charge in [-0.15, -0.1) is 0 Å². The molecule has 3 nitrogen and oxygen atoms in total. The fourth-order valence-corrected chi connectivity index (χ4v) is 2.23. The summed E-state index contributed by atoms with van der Waals surface area (Å²) in [5.41, 5.74) is 1.76. The minimum absolute atomic E-state index is 0.0384. The number of hydrogen-bond acceptors (Lipinski definition) is 2. The molecule has 0 aliphatic rings. The van der Waals surface area contributed by atoms with E-state index in [0.717, 1.165) is 11.3 Å². The topological polar surface area (TPSA) is 38.3 Å². The predicted molar refractivity (Wildman–Crippen MR) is 86.0 cm³/mol. The number of ether oxygens (including phenoxy) is 1. The third-order valence-corrected chi connectivity index (χ3v) is 3.24. The van der Waals surface area contributed by atoms with Gasteiger partial charge in [-0.1, -0.05) is 35.9 Å². The standard InChI is InChI=1S/C17H18ClNO2/c1-2-21-16-9-4-3-6-13(16)10-11-17(20)19-15-8-5-7-14(18)12-15/h3-9,12H,2,10-11H2,1H3,(H,19,20). The molecule has 21 heavy (non-hydrogen) atoms. The van der Waals surface area contributed by atoms with Gasteiger partial charge in [0, 0.05) is 17.1 Å². The van der Waals surface area contributed by atoms with Crippen LogP contribution in [0.2, 0.25) is 5.02 Å². The van der Waals surface area contributed by atoms with Crippen molar-refractivity contribution in [1.82, 2.24) is 0 Å². The lowest BCUT2D eigenvalue weighted by molar-refractivity contribution is -0.116. The van der Waals surface area contributed by atoms with Crippen molar-refractivity contribution in [3.63, 3.8) is 0 Å². The first-order valence-electron chi connectivity index (χ1n) is 6.95. The first kappa shape index (κ1) is 15.4. The van der Waals surface area contributed by atoms with Gasteiger partial charge in [0.15, 0.2) is 0 Å². The van der Waals surface area contributed by atoms with E-state index in [1.54, 1.807) is 12.1 Å². The Balaban J connectivity index is 1.92. The molecule has 4 heteroatoms. The zero-order valence-electron chi connectivity index (χ0n) is 11.9. The Morgan fingerprint density at radius 1 is 1.19 bits per heavy atom. The smallest absolute Gasteiger partial charge is 0.224 e. The molecule has 0 unspecified atom stereocenters. The number of halogens is 1. The molecule has 0 bridgehead atoms. The molecular weight excluding hydrogens is 286 g/mol. The summed E-state index contributed by atoms with van der Waals surface area (Å²) >= 11 is 5.89. The van der Waals surface area contributed by atoms with Crippen LogP contribution in [0.25, 0.3) is 0 Å². The van der Waals surface area contributed by atoms with Gasteiger partial charge in [-0.2, -0.15) is 0 Å². The summed E-state index contributed by atoms with van der Waals surface area (Å²) in [5, 5.41) is 3.45.